The number of hydrogen-bond donors (Lipinski definition) is 0. The summed E-state index contributed by atoms with van der Waals surface area (Å²) in [6, 6.07) is 1.91. The lowest BCUT2D eigenvalue weighted by Crippen LogP contribution is -2.37. The quantitative estimate of drug-likeness (QED) is 0.671. The Morgan fingerprint density at radius 1 is 1.35 bits per heavy atom. The molecule has 0 amide bonds. The number of hydrogen-bond acceptors (Lipinski definition) is 5. The molecule has 8 heteroatoms. The lowest BCUT2D eigenvalue weighted by Gasteiger charge is -2.23. The van der Waals surface area contributed by atoms with Crippen molar-refractivity contribution >= 4 is 10.0 Å². The number of likely N-dealkylation sites (N-methyl/N-ethyl adjacent to an activating group) is 1. The van der Waals surface area contributed by atoms with E-state index >= 15 is 0 Å². The van der Waals surface area contributed by atoms with Gasteiger partial charge in [-0.05, 0) is 33.0 Å². The maximum absolute atomic E-state index is 12.6. The maximum Gasteiger partial charge on any atom is 0.217 e. The number of rotatable bonds is 7. The Morgan fingerprint density at radius 3 is 2.83 bits per heavy atom. The van der Waals surface area contributed by atoms with Crippen LogP contribution in [0.25, 0.3) is 0 Å². The molecule has 23 heavy (non-hydrogen) atoms. The minimum atomic E-state index is -3.18. The lowest BCUT2D eigenvalue weighted by atomic mass is 10.1. The summed E-state index contributed by atoms with van der Waals surface area (Å²) in [4.78, 5) is 2.07. The van der Waals surface area contributed by atoms with Crippen LogP contribution in [0.3, 0.4) is 0 Å². The maximum atomic E-state index is 12.6. The van der Waals surface area contributed by atoms with E-state index in [1.54, 1.807) is 10.5 Å². The van der Waals surface area contributed by atoms with Gasteiger partial charge >= 0.3 is 0 Å². The van der Waals surface area contributed by atoms with Gasteiger partial charge in [0, 0.05) is 31.7 Å². The monoisotopic (exact) mass is 342 g/mol. The second kappa shape index (κ2) is 6.88. The minimum Gasteiger partial charge on any atom is -0.380 e. The largest absolute Gasteiger partial charge is 0.380 e. The van der Waals surface area contributed by atoms with Crippen LogP contribution in [-0.4, -0.2) is 73.1 Å². The number of ether oxygens (including phenoxy) is 1. The van der Waals surface area contributed by atoms with Gasteiger partial charge in [0.25, 0.3) is 0 Å². The van der Waals surface area contributed by atoms with Crippen molar-refractivity contribution in [1.82, 2.24) is 19.0 Å². The van der Waals surface area contributed by atoms with Gasteiger partial charge < -0.3 is 9.64 Å². The van der Waals surface area contributed by atoms with Gasteiger partial charge in [-0.2, -0.15) is 9.40 Å². The normalized spacial score (nSPS) is 23.0. The third-order valence-electron chi connectivity index (χ3n) is 4.38. The van der Waals surface area contributed by atoms with Crippen molar-refractivity contribution in [2.45, 2.75) is 31.2 Å². The number of nitrogens with zero attached hydrogens (tertiary/aromatic N) is 4. The number of sulfonamides is 1. The molecule has 0 aromatic carbocycles. The van der Waals surface area contributed by atoms with Gasteiger partial charge in [-0.25, -0.2) is 8.42 Å². The number of fused-ring (bicyclic) bond motifs is 1. The van der Waals surface area contributed by atoms with Crippen LogP contribution in [0.5, 0.6) is 0 Å². The van der Waals surface area contributed by atoms with Crippen LogP contribution in [0, 0.1) is 5.92 Å². The summed E-state index contributed by atoms with van der Waals surface area (Å²) in [5.41, 5.74) is 0.963. The van der Waals surface area contributed by atoms with E-state index in [4.69, 9.17) is 4.74 Å². The van der Waals surface area contributed by atoms with Gasteiger partial charge in [-0.15, -0.1) is 0 Å². The first-order chi connectivity index (χ1) is 11.0. The molecule has 1 unspecified atom stereocenters. The predicted octanol–water partition coefficient (Wildman–Crippen LogP) is 0.385. The molecule has 7 nitrogen and oxygen atoms in total. The van der Waals surface area contributed by atoms with Gasteiger partial charge in [0.15, 0.2) is 0 Å². The van der Waals surface area contributed by atoms with E-state index < -0.39 is 10.0 Å². The van der Waals surface area contributed by atoms with Gasteiger partial charge in [0.05, 0.1) is 30.7 Å². The summed E-state index contributed by atoms with van der Waals surface area (Å²) in [5, 5.41) is 4.16. The van der Waals surface area contributed by atoms with E-state index in [1.807, 2.05) is 24.8 Å². The average molecular weight is 342 g/mol. The SMILES string of the molecule is CN(C)CCOCC1CN(S(=O)(=O)C2CC2)Cc2ccnn2C1. The molecule has 2 aliphatic rings. The summed E-state index contributed by atoms with van der Waals surface area (Å²) >= 11 is 0. The highest BCUT2D eigenvalue weighted by Crippen LogP contribution is 2.33. The minimum absolute atomic E-state index is 0.131. The molecule has 130 valence electrons. The summed E-state index contributed by atoms with van der Waals surface area (Å²) in [5.74, 6) is 0.131. The van der Waals surface area contributed by atoms with Crippen LogP contribution in [-0.2, 0) is 27.8 Å². The molecule has 1 aromatic rings. The Bertz CT molecular complexity index is 624. The summed E-state index contributed by atoms with van der Waals surface area (Å²) in [6.45, 7) is 3.73. The van der Waals surface area contributed by atoms with Crippen molar-refractivity contribution in [2.75, 3.05) is 40.4 Å². The molecule has 1 saturated carbocycles. The van der Waals surface area contributed by atoms with Crippen LogP contribution in [0.15, 0.2) is 12.3 Å². The molecule has 1 aromatic heterocycles. The zero-order chi connectivity index (χ0) is 16.4. The molecule has 3 rings (SSSR count). The molecule has 1 aliphatic heterocycles. The van der Waals surface area contributed by atoms with Crippen LogP contribution in [0.2, 0.25) is 0 Å². The molecule has 0 bridgehead atoms. The van der Waals surface area contributed by atoms with Crippen LogP contribution in [0.4, 0.5) is 0 Å². The fourth-order valence-corrected chi connectivity index (χ4v) is 4.75. The molecule has 1 aliphatic carbocycles. The topological polar surface area (TPSA) is 67.7 Å². The zero-order valence-corrected chi connectivity index (χ0v) is 14.7. The second-order valence-corrected chi connectivity index (χ2v) is 9.00. The van der Waals surface area contributed by atoms with Crippen molar-refractivity contribution in [3.63, 3.8) is 0 Å². The summed E-state index contributed by atoms with van der Waals surface area (Å²) in [7, 11) is 0.837. The lowest BCUT2D eigenvalue weighted by molar-refractivity contribution is 0.0766. The summed E-state index contributed by atoms with van der Waals surface area (Å²) < 4.78 is 34.6. The van der Waals surface area contributed by atoms with Gasteiger partial charge in [0.1, 0.15) is 0 Å². The van der Waals surface area contributed by atoms with E-state index in [9.17, 15) is 8.42 Å². The van der Waals surface area contributed by atoms with Crippen molar-refractivity contribution in [3.8, 4) is 0 Å². The molecule has 0 spiro atoms. The van der Waals surface area contributed by atoms with Gasteiger partial charge in [-0.3, -0.25) is 4.68 Å². The molecule has 1 fully saturated rings. The molecule has 0 N–H and O–H groups in total. The summed E-state index contributed by atoms with van der Waals surface area (Å²) in [6.07, 6.45) is 3.33. The smallest absolute Gasteiger partial charge is 0.217 e. The highest BCUT2D eigenvalue weighted by atomic mass is 32.2. The molecule has 2 heterocycles. The average Bonchev–Trinajstić information content (AvgIpc) is 3.28. The Hall–Kier alpha value is -0.960. The van der Waals surface area contributed by atoms with Crippen molar-refractivity contribution in [3.05, 3.63) is 18.0 Å². The fourth-order valence-electron chi connectivity index (χ4n) is 2.87. The molecule has 0 saturated heterocycles. The van der Waals surface area contributed by atoms with Crippen LogP contribution >= 0.6 is 0 Å². The van der Waals surface area contributed by atoms with Crippen LogP contribution in [0.1, 0.15) is 18.5 Å². The van der Waals surface area contributed by atoms with Crippen LogP contribution < -0.4 is 0 Å². The highest BCUT2D eigenvalue weighted by molar-refractivity contribution is 7.90. The van der Waals surface area contributed by atoms with Gasteiger partial charge in [-0.1, -0.05) is 0 Å². The van der Waals surface area contributed by atoms with Crippen molar-refractivity contribution in [1.29, 1.82) is 0 Å². The standard InChI is InChI=1S/C15H26N4O3S/c1-17(2)7-8-22-12-13-9-18(23(20,21)15-3-4-15)11-14-5-6-16-19(14)10-13/h5-6,13,15H,3-4,7-12H2,1-2H3. The number of aromatic nitrogens is 2. The Kier molecular flexibility index (Phi) is 5.05. The van der Waals surface area contributed by atoms with Crippen molar-refractivity contribution in [2.24, 2.45) is 5.92 Å². The van der Waals surface area contributed by atoms with Crippen molar-refractivity contribution < 1.29 is 13.2 Å². The second-order valence-electron chi connectivity index (χ2n) is 6.79. The van der Waals surface area contributed by atoms with E-state index in [0.717, 1.165) is 25.1 Å². The van der Waals surface area contributed by atoms with E-state index in [-0.39, 0.29) is 11.2 Å². The third-order valence-corrected chi connectivity index (χ3v) is 6.69. The van der Waals surface area contributed by atoms with Gasteiger partial charge in [0.2, 0.25) is 10.0 Å². The Balaban J connectivity index is 1.68. The molecular formula is C15H26N4O3S. The van der Waals surface area contributed by atoms with E-state index in [1.165, 1.54) is 0 Å². The first-order valence-corrected chi connectivity index (χ1v) is 9.69. The Labute approximate surface area is 138 Å². The predicted molar refractivity (Wildman–Crippen MR) is 87.4 cm³/mol. The highest BCUT2D eigenvalue weighted by Gasteiger charge is 2.41. The third kappa shape index (κ3) is 4.12. The molecular weight excluding hydrogens is 316 g/mol. The zero-order valence-electron chi connectivity index (χ0n) is 13.9. The first kappa shape index (κ1) is 16.9. The van der Waals surface area contributed by atoms with E-state index in [2.05, 4.69) is 10.00 Å². The first-order valence-electron chi connectivity index (χ1n) is 8.19. The van der Waals surface area contributed by atoms with E-state index in [0.29, 0.717) is 32.8 Å². The molecule has 0 radical (unpaired) electrons. The fraction of sp³-hybridized carbons (Fsp3) is 0.800. The Morgan fingerprint density at radius 2 is 2.13 bits per heavy atom. The molecule has 1 atom stereocenters.